The third kappa shape index (κ3) is 4.35. The molecule has 2 N–H and O–H groups in total. The molecule has 41 heavy (non-hydrogen) atoms. The second kappa shape index (κ2) is 9.89. The molecule has 7 nitrogen and oxygen atoms in total. The molecule has 0 spiro atoms. The van der Waals surface area contributed by atoms with Gasteiger partial charge in [0.2, 0.25) is 0 Å². The van der Waals surface area contributed by atoms with Gasteiger partial charge in [-0.15, -0.1) is 6.42 Å². The summed E-state index contributed by atoms with van der Waals surface area (Å²) in [5.41, 5.74) is 5.56. The summed E-state index contributed by atoms with van der Waals surface area (Å²) >= 11 is 0. The number of rotatable bonds is 5. The summed E-state index contributed by atoms with van der Waals surface area (Å²) in [6.07, 6.45) is 16.5. The van der Waals surface area contributed by atoms with Gasteiger partial charge in [-0.05, 0) is 94.0 Å². The molecule has 0 saturated carbocycles. The average Bonchev–Trinajstić information content (AvgIpc) is 3.68. The minimum absolute atomic E-state index is 0.158. The summed E-state index contributed by atoms with van der Waals surface area (Å²) in [5, 5.41) is 16.4. The van der Waals surface area contributed by atoms with Gasteiger partial charge in [-0.3, -0.25) is 4.90 Å². The molecule has 4 fully saturated rings. The van der Waals surface area contributed by atoms with Crippen molar-refractivity contribution < 1.29 is 9.84 Å². The number of ether oxygens (including phenoxy) is 1. The van der Waals surface area contributed by atoms with Gasteiger partial charge >= 0.3 is 6.01 Å². The highest BCUT2D eigenvalue weighted by Crippen LogP contribution is 2.42. The van der Waals surface area contributed by atoms with E-state index in [0.717, 1.165) is 53.5 Å². The van der Waals surface area contributed by atoms with Crippen LogP contribution in [0.4, 0.5) is 5.69 Å². The molecule has 0 amide bonds. The van der Waals surface area contributed by atoms with E-state index in [9.17, 15) is 5.11 Å². The zero-order valence-corrected chi connectivity index (χ0v) is 23.7. The highest BCUT2D eigenvalue weighted by atomic mass is 16.5. The van der Waals surface area contributed by atoms with Crippen molar-refractivity contribution in [3.8, 4) is 24.1 Å². The molecule has 3 aromatic rings. The minimum Gasteiger partial charge on any atom is -0.508 e. The predicted octanol–water partition coefficient (Wildman–Crippen LogP) is 4.88. The third-order valence-electron chi connectivity index (χ3n) is 10.7. The maximum Gasteiger partial charge on any atom is 0.316 e. The maximum absolute atomic E-state index is 10.6. The number of nitrogens with zero attached hydrogens (tertiary/aromatic N) is 4. The molecule has 2 atom stereocenters. The molecule has 2 bridgehead atoms. The number of nitrogens with one attached hydrogen (secondary N) is 1. The number of piperidine rings is 1. The van der Waals surface area contributed by atoms with Gasteiger partial charge in [-0.2, -0.15) is 9.97 Å². The summed E-state index contributed by atoms with van der Waals surface area (Å²) in [4.78, 5) is 15.3. The van der Waals surface area contributed by atoms with Crippen LogP contribution in [-0.2, 0) is 13.0 Å². The van der Waals surface area contributed by atoms with Crippen LogP contribution in [0.25, 0.3) is 10.8 Å². The molecule has 2 aromatic carbocycles. The number of phenolic OH excluding ortho intramolecular Hbond substituents is 1. The van der Waals surface area contributed by atoms with Crippen LogP contribution in [0.2, 0.25) is 0 Å². The normalized spacial score (nSPS) is 26.6. The van der Waals surface area contributed by atoms with Crippen LogP contribution in [0.5, 0.6) is 11.8 Å². The molecule has 212 valence electrons. The third-order valence-corrected chi connectivity index (χ3v) is 10.7. The molecule has 5 aliphatic rings. The van der Waals surface area contributed by atoms with Crippen LogP contribution in [0, 0.1) is 12.3 Å². The molecule has 6 heterocycles. The Bertz CT molecular complexity index is 1520. The number of benzene rings is 2. The van der Waals surface area contributed by atoms with Crippen LogP contribution < -0.4 is 15.0 Å². The standard InChI is InChI=1S/C34H39N5O2/c1-2-22-6-3-7-23-18-27(40)19-30(31(22)23)38-15-10-28-29(20-38)36-33(41-21-34-11-4-13-39(34)14-5-12-34)37-32(28)24-16-25-8-9-26(17-24)35-25/h1,3,6-7,18-19,24-26,35,40H,4-5,8-17,20-21H2. The zero-order chi connectivity index (χ0) is 27.6. The first-order valence-electron chi connectivity index (χ1n) is 15.6. The number of hydrogen-bond acceptors (Lipinski definition) is 7. The van der Waals surface area contributed by atoms with Gasteiger partial charge in [0.1, 0.15) is 12.4 Å². The summed E-state index contributed by atoms with van der Waals surface area (Å²) in [6.45, 7) is 4.52. The first-order chi connectivity index (χ1) is 20.1. The smallest absolute Gasteiger partial charge is 0.316 e. The van der Waals surface area contributed by atoms with Crippen LogP contribution >= 0.6 is 0 Å². The summed E-state index contributed by atoms with van der Waals surface area (Å²) in [7, 11) is 0. The highest BCUT2D eigenvalue weighted by molar-refractivity contribution is 6.00. The molecule has 5 aliphatic heterocycles. The van der Waals surface area contributed by atoms with Crippen LogP contribution in [0.1, 0.15) is 79.8 Å². The van der Waals surface area contributed by atoms with E-state index in [4.69, 9.17) is 21.1 Å². The monoisotopic (exact) mass is 549 g/mol. The van der Waals surface area contributed by atoms with Crippen molar-refractivity contribution in [1.82, 2.24) is 20.2 Å². The Morgan fingerprint density at radius 2 is 1.88 bits per heavy atom. The number of phenols is 1. The van der Waals surface area contributed by atoms with Gasteiger partial charge in [-0.25, -0.2) is 0 Å². The lowest BCUT2D eigenvalue weighted by Crippen LogP contribution is -2.43. The van der Waals surface area contributed by atoms with Gasteiger partial charge in [0.05, 0.1) is 23.5 Å². The SMILES string of the molecule is C#Cc1cccc2cc(O)cc(N3CCc4c(nc(OCC56CCCN5CCC6)nc4C4CC5CCC(C4)N5)C3)c12. The van der Waals surface area contributed by atoms with Gasteiger partial charge in [-0.1, -0.05) is 18.1 Å². The first kappa shape index (κ1) is 25.4. The van der Waals surface area contributed by atoms with Gasteiger partial charge in [0.25, 0.3) is 0 Å². The first-order valence-corrected chi connectivity index (χ1v) is 15.6. The minimum atomic E-state index is 0.158. The fraction of sp³-hybridized carbons (Fsp3) is 0.529. The molecule has 2 unspecified atom stereocenters. The number of anilines is 1. The quantitative estimate of drug-likeness (QED) is 0.439. The van der Waals surface area contributed by atoms with Crippen molar-refractivity contribution in [3.63, 3.8) is 0 Å². The topological polar surface area (TPSA) is 73.8 Å². The molecular formula is C34H39N5O2. The second-order valence-corrected chi connectivity index (χ2v) is 13.0. The Labute approximate surface area is 242 Å². The number of aromatic hydroxyl groups is 1. The zero-order valence-electron chi connectivity index (χ0n) is 23.7. The average molecular weight is 550 g/mol. The van der Waals surface area contributed by atoms with E-state index in [0.29, 0.717) is 37.2 Å². The summed E-state index contributed by atoms with van der Waals surface area (Å²) in [5.74, 6) is 3.56. The lowest BCUT2D eigenvalue weighted by molar-refractivity contribution is 0.107. The molecule has 0 radical (unpaired) electrons. The van der Waals surface area contributed by atoms with Gasteiger partial charge in [0.15, 0.2) is 0 Å². The maximum atomic E-state index is 10.6. The van der Waals surface area contributed by atoms with E-state index in [1.807, 2.05) is 24.3 Å². The molecular weight excluding hydrogens is 510 g/mol. The largest absolute Gasteiger partial charge is 0.508 e. The van der Waals surface area contributed by atoms with Crippen molar-refractivity contribution >= 4 is 16.5 Å². The van der Waals surface area contributed by atoms with Gasteiger partial charge in [0, 0.05) is 47.2 Å². The Kier molecular flexibility index (Phi) is 6.12. The van der Waals surface area contributed by atoms with E-state index in [-0.39, 0.29) is 11.3 Å². The predicted molar refractivity (Wildman–Crippen MR) is 161 cm³/mol. The second-order valence-electron chi connectivity index (χ2n) is 13.0. The van der Waals surface area contributed by atoms with Crippen molar-refractivity contribution in [1.29, 1.82) is 0 Å². The number of aromatic nitrogens is 2. The Hall–Kier alpha value is -3.34. The van der Waals surface area contributed by atoms with Crippen molar-refractivity contribution in [2.75, 3.05) is 31.1 Å². The van der Waals surface area contributed by atoms with Crippen LogP contribution in [-0.4, -0.2) is 63.8 Å². The fourth-order valence-electron chi connectivity index (χ4n) is 8.74. The van der Waals surface area contributed by atoms with Crippen LogP contribution in [0.15, 0.2) is 30.3 Å². The lowest BCUT2D eigenvalue weighted by Gasteiger charge is -2.35. The van der Waals surface area contributed by atoms with E-state index in [1.54, 1.807) is 6.07 Å². The molecule has 7 heteroatoms. The Morgan fingerprint density at radius 3 is 2.66 bits per heavy atom. The Balaban J connectivity index is 1.16. The van der Waals surface area contributed by atoms with Crippen molar-refractivity contribution in [2.45, 2.75) is 87.9 Å². The van der Waals surface area contributed by atoms with E-state index >= 15 is 0 Å². The van der Waals surface area contributed by atoms with E-state index < -0.39 is 0 Å². The van der Waals surface area contributed by atoms with E-state index in [2.05, 4.69) is 21.0 Å². The fourth-order valence-corrected chi connectivity index (χ4v) is 8.74. The molecule has 8 rings (SSSR count). The molecule has 0 aliphatic carbocycles. The number of hydrogen-bond donors (Lipinski definition) is 2. The van der Waals surface area contributed by atoms with Crippen molar-refractivity contribution in [2.24, 2.45) is 0 Å². The van der Waals surface area contributed by atoms with Crippen molar-refractivity contribution in [3.05, 3.63) is 52.8 Å². The number of fused-ring (bicyclic) bond motifs is 5. The molecule has 1 aromatic heterocycles. The van der Waals surface area contributed by atoms with Gasteiger partial charge < -0.3 is 20.1 Å². The summed E-state index contributed by atoms with van der Waals surface area (Å²) in [6, 6.07) is 11.3. The lowest BCUT2D eigenvalue weighted by atomic mass is 9.85. The van der Waals surface area contributed by atoms with Crippen LogP contribution in [0.3, 0.4) is 0 Å². The van der Waals surface area contributed by atoms with E-state index in [1.165, 1.54) is 62.9 Å². The molecule has 4 saturated heterocycles. The Morgan fingerprint density at radius 1 is 1.07 bits per heavy atom. The highest BCUT2D eigenvalue weighted by Gasteiger charge is 2.45. The summed E-state index contributed by atoms with van der Waals surface area (Å²) < 4.78 is 6.56. The number of terminal acetylenes is 1.